The number of carbonyl (C=O) groups is 2. The number of carbonyl (C=O) groups excluding carboxylic acids is 2. The lowest BCUT2D eigenvalue weighted by Crippen LogP contribution is -2.58. The van der Waals surface area contributed by atoms with Crippen LogP contribution in [0.1, 0.15) is 28.5 Å². The van der Waals surface area contributed by atoms with Crippen LogP contribution in [-0.4, -0.2) is 56.9 Å². The van der Waals surface area contributed by atoms with Gasteiger partial charge in [-0.1, -0.05) is 32.7 Å². The number of rotatable bonds is 3. The van der Waals surface area contributed by atoms with Gasteiger partial charge in [0.15, 0.2) is 0 Å². The van der Waals surface area contributed by atoms with Crippen molar-refractivity contribution in [3.05, 3.63) is 44.7 Å². The topological polar surface area (TPSA) is 89.4 Å². The molecule has 32 heavy (non-hydrogen) atoms. The van der Waals surface area contributed by atoms with Gasteiger partial charge in [0.05, 0.1) is 34.2 Å². The zero-order valence-corrected chi connectivity index (χ0v) is 20.3. The molecule has 1 aromatic heterocycles. The standard InChI is InChI=1S/C22H23BrClN5O3/c1-10-12-5-7-32-20(12)15(21(30)25-10)9-29-6-4-13-16(23)8-14(18(24)17(13)22(29)31)19-11(2)26-27-28(19)3/h5,7-8,10,12,15,20H,4,6,9H2,1-3H3,(H,25,30). The molecule has 0 aliphatic carbocycles. The first-order chi connectivity index (χ1) is 15.3. The lowest BCUT2D eigenvalue weighted by Gasteiger charge is -2.40. The molecule has 4 atom stereocenters. The second-order valence-electron chi connectivity index (χ2n) is 8.63. The van der Waals surface area contributed by atoms with Gasteiger partial charge < -0.3 is 15.0 Å². The molecule has 3 aliphatic rings. The Morgan fingerprint density at radius 1 is 1.38 bits per heavy atom. The van der Waals surface area contributed by atoms with Crippen molar-refractivity contribution in [3.8, 4) is 11.3 Å². The molecule has 2 aromatic rings. The van der Waals surface area contributed by atoms with Crippen LogP contribution in [0.2, 0.25) is 5.02 Å². The summed E-state index contributed by atoms with van der Waals surface area (Å²) in [6, 6.07) is 1.93. The van der Waals surface area contributed by atoms with E-state index in [2.05, 4.69) is 31.6 Å². The van der Waals surface area contributed by atoms with Crippen molar-refractivity contribution in [1.82, 2.24) is 25.2 Å². The molecule has 4 heterocycles. The number of ether oxygens (including phenoxy) is 1. The van der Waals surface area contributed by atoms with E-state index in [-0.39, 0.29) is 36.4 Å². The fraction of sp³-hybridized carbons (Fsp3) is 0.455. The van der Waals surface area contributed by atoms with Gasteiger partial charge in [-0.25, -0.2) is 4.68 Å². The van der Waals surface area contributed by atoms with Crippen LogP contribution in [0.25, 0.3) is 11.3 Å². The molecule has 0 saturated carbocycles. The molecule has 2 amide bonds. The fourth-order valence-corrected chi connectivity index (χ4v) is 6.02. The predicted molar refractivity (Wildman–Crippen MR) is 122 cm³/mol. The molecule has 0 radical (unpaired) electrons. The molecular weight excluding hydrogens is 498 g/mol. The Labute approximate surface area is 199 Å². The number of fused-ring (bicyclic) bond motifs is 2. The third kappa shape index (κ3) is 3.25. The Bertz CT molecular complexity index is 1140. The van der Waals surface area contributed by atoms with Gasteiger partial charge in [0, 0.05) is 42.1 Å². The zero-order chi connectivity index (χ0) is 22.7. The number of aromatic nitrogens is 3. The van der Waals surface area contributed by atoms with Gasteiger partial charge >= 0.3 is 0 Å². The molecule has 5 rings (SSSR count). The molecule has 1 fully saturated rings. The van der Waals surface area contributed by atoms with E-state index in [0.29, 0.717) is 29.1 Å². The minimum absolute atomic E-state index is 0.00369. The van der Waals surface area contributed by atoms with E-state index in [0.717, 1.165) is 21.4 Å². The number of nitrogens with one attached hydrogen (secondary N) is 1. The Hall–Kier alpha value is -2.39. The monoisotopic (exact) mass is 519 g/mol. The second-order valence-corrected chi connectivity index (χ2v) is 9.86. The van der Waals surface area contributed by atoms with E-state index in [1.807, 2.05) is 26.0 Å². The summed E-state index contributed by atoms with van der Waals surface area (Å²) in [5.41, 5.74) is 3.54. The number of amides is 2. The minimum atomic E-state index is -0.439. The summed E-state index contributed by atoms with van der Waals surface area (Å²) in [5, 5.41) is 11.6. The summed E-state index contributed by atoms with van der Waals surface area (Å²) in [7, 11) is 1.79. The van der Waals surface area contributed by atoms with Crippen molar-refractivity contribution in [1.29, 1.82) is 0 Å². The van der Waals surface area contributed by atoms with Crippen molar-refractivity contribution < 1.29 is 14.3 Å². The maximum atomic E-state index is 13.6. The van der Waals surface area contributed by atoms with E-state index in [4.69, 9.17) is 16.3 Å². The van der Waals surface area contributed by atoms with Crippen LogP contribution >= 0.6 is 27.5 Å². The first kappa shape index (κ1) is 21.5. The maximum Gasteiger partial charge on any atom is 0.255 e. The highest BCUT2D eigenvalue weighted by Crippen LogP contribution is 2.41. The predicted octanol–water partition coefficient (Wildman–Crippen LogP) is 2.87. The number of halogens is 2. The normalized spacial score (nSPS) is 26.6. The van der Waals surface area contributed by atoms with Crippen molar-refractivity contribution in [2.24, 2.45) is 18.9 Å². The van der Waals surface area contributed by atoms with E-state index in [9.17, 15) is 9.59 Å². The number of hydrogen-bond acceptors (Lipinski definition) is 5. The lowest BCUT2D eigenvalue weighted by atomic mass is 9.82. The quantitative estimate of drug-likeness (QED) is 0.672. The summed E-state index contributed by atoms with van der Waals surface area (Å²) < 4.78 is 8.24. The van der Waals surface area contributed by atoms with Gasteiger partial charge in [0.1, 0.15) is 6.10 Å². The van der Waals surface area contributed by atoms with Gasteiger partial charge in [-0.2, -0.15) is 0 Å². The van der Waals surface area contributed by atoms with E-state index < -0.39 is 5.92 Å². The van der Waals surface area contributed by atoms with Crippen LogP contribution in [0.5, 0.6) is 0 Å². The Morgan fingerprint density at radius 2 is 2.16 bits per heavy atom. The zero-order valence-electron chi connectivity index (χ0n) is 17.9. The lowest BCUT2D eigenvalue weighted by molar-refractivity contribution is -0.135. The summed E-state index contributed by atoms with van der Waals surface area (Å²) in [6.45, 7) is 4.62. The maximum absolute atomic E-state index is 13.6. The summed E-state index contributed by atoms with van der Waals surface area (Å²) in [6.07, 6.45) is 4.03. The Morgan fingerprint density at radius 3 is 2.88 bits per heavy atom. The molecular formula is C22H23BrClN5O3. The minimum Gasteiger partial charge on any atom is -0.497 e. The Kier molecular flexibility index (Phi) is 5.28. The fourth-order valence-electron chi connectivity index (χ4n) is 5.06. The number of hydrogen-bond donors (Lipinski definition) is 1. The number of nitrogens with zero attached hydrogens (tertiary/aromatic N) is 4. The van der Waals surface area contributed by atoms with Crippen LogP contribution in [0.3, 0.4) is 0 Å². The molecule has 1 aromatic carbocycles. The molecule has 168 valence electrons. The molecule has 1 saturated heterocycles. The summed E-state index contributed by atoms with van der Waals surface area (Å²) in [5.74, 6) is -0.598. The Balaban J connectivity index is 1.49. The molecule has 10 heteroatoms. The SMILES string of the molecule is Cc1nnn(C)c1-c1cc(Br)c2c(c1Cl)C(=O)N(CC1C(=O)NC(C)C3C=COC13)CC2. The van der Waals surface area contributed by atoms with E-state index in [1.54, 1.807) is 22.9 Å². The number of piperidine rings is 1. The smallest absolute Gasteiger partial charge is 0.255 e. The third-order valence-electron chi connectivity index (χ3n) is 6.71. The van der Waals surface area contributed by atoms with E-state index in [1.165, 1.54) is 0 Å². The van der Waals surface area contributed by atoms with Crippen LogP contribution in [0.4, 0.5) is 0 Å². The first-order valence-electron chi connectivity index (χ1n) is 10.6. The molecule has 8 nitrogen and oxygen atoms in total. The summed E-state index contributed by atoms with van der Waals surface area (Å²) >= 11 is 10.5. The highest BCUT2D eigenvalue weighted by atomic mass is 79.9. The van der Waals surface area contributed by atoms with Crippen molar-refractivity contribution >= 4 is 39.3 Å². The molecule has 3 aliphatic heterocycles. The van der Waals surface area contributed by atoms with Crippen molar-refractivity contribution in [3.63, 3.8) is 0 Å². The third-order valence-corrected chi connectivity index (χ3v) is 7.81. The molecule has 1 N–H and O–H groups in total. The van der Waals surface area contributed by atoms with Crippen LogP contribution < -0.4 is 5.32 Å². The highest BCUT2D eigenvalue weighted by Gasteiger charge is 2.46. The van der Waals surface area contributed by atoms with Gasteiger partial charge in [-0.15, -0.1) is 5.10 Å². The van der Waals surface area contributed by atoms with Crippen LogP contribution in [-0.2, 0) is 23.0 Å². The largest absolute Gasteiger partial charge is 0.497 e. The first-order valence-corrected chi connectivity index (χ1v) is 11.7. The van der Waals surface area contributed by atoms with Crippen LogP contribution in [0.15, 0.2) is 22.9 Å². The molecule has 0 spiro atoms. The number of aryl methyl sites for hydroxylation is 2. The van der Waals surface area contributed by atoms with Gasteiger partial charge in [0.2, 0.25) is 5.91 Å². The summed E-state index contributed by atoms with van der Waals surface area (Å²) in [4.78, 5) is 28.1. The van der Waals surface area contributed by atoms with Gasteiger partial charge in [-0.3, -0.25) is 9.59 Å². The second kappa shape index (κ2) is 7.88. The van der Waals surface area contributed by atoms with Crippen LogP contribution in [0, 0.1) is 18.8 Å². The van der Waals surface area contributed by atoms with Crippen molar-refractivity contribution in [2.45, 2.75) is 32.4 Å². The highest BCUT2D eigenvalue weighted by molar-refractivity contribution is 9.10. The van der Waals surface area contributed by atoms with E-state index >= 15 is 0 Å². The van der Waals surface area contributed by atoms with Crippen molar-refractivity contribution in [2.75, 3.05) is 13.1 Å². The van der Waals surface area contributed by atoms with Gasteiger partial charge in [-0.05, 0) is 38.0 Å². The number of benzene rings is 1. The molecule has 0 bridgehead atoms. The molecule has 4 unspecified atom stereocenters. The van der Waals surface area contributed by atoms with Gasteiger partial charge in [0.25, 0.3) is 5.91 Å². The average Bonchev–Trinajstić information content (AvgIpc) is 3.36. The average molecular weight is 521 g/mol.